The Hall–Kier alpha value is -1.01. The van der Waals surface area contributed by atoms with Gasteiger partial charge in [-0.15, -0.1) is 0 Å². The fourth-order valence-electron chi connectivity index (χ4n) is 2.69. The summed E-state index contributed by atoms with van der Waals surface area (Å²) in [6.45, 7) is 12.9. The van der Waals surface area contributed by atoms with Crippen molar-refractivity contribution in [2.45, 2.75) is 71.8 Å². The monoisotopic (exact) mass is 328 g/mol. The zero-order valence-electron chi connectivity index (χ0n) is 14.8. The van der Waals surface area contributed by atoms with E-state index in [1.807, 2.05) is 27.7 Å². The molecule has 23 heavy (non-hydrogen) atoms. The van der Waals surface area contributed by atoms with Crippen LogP contribution < -0.4 is 5.46 Å². The van der Waals surface area contributed by atoms with Crippen molar-refractivity contribution in [1.29, 1.82) is 0 Å². The molecule has 0 amide bonds. The van der Waals surface area contributed by atoms with E-state index in [4.69, 9.17) is 9.31 Å². The highest BCUT2D eigenvalue weighted by atomic mass is 19.4. The van der Waals surface area contributed by atoms with Gasteiger partial charge in [-0.25, -0.2) is 0 Å². The van der Waals surface area contributed by atoms with Gasteiger partial charge in [-0.3, -0.25) is 0 Å². The van der Waals surface area contributed by atoms with Crippen LogP contribution >= 0.6 is 0 Å². The van der Waals surface area contributed by atoms with Gasteiger partial charge in [0.1, 0.15) is 0 Å². The number of alkyl halides is 3. The van der Waals surface area contributed by atoms with Crippen LogP contribution in [0.5, 0.6) is 0 Å². The number of halogens is 3. The van der Waals surface area contributed by atoms with Crippen LogP contribution in [0.3, 0.4) is 0 Å². The molecular weight excluding hydrogens is 304 g/mol. The van der Waals surface area contributed by atoms with Crippen LogP contribution in [0.25, 0.3) is 0 Å². The molecule has 0 aromatic heterocycles. The second-order valence-electron chi connectivity index (χ2n) is 7.54. The SMILES string of the molecule is Cc1cc(C(C)C)c(C(F)(F)F)cc1B1OC(C)(C)C(C)(C)O1. The lowest BCUT2D eigenvalue weighted by molar-refractivity contribution is -0.138. The minimum absolute atomic E-state index is 0.210. The Labute approximate surface area is 136 Å². The Bertz CT molecular complexity index is 591. The molecule has 1 fully saturated rings. The summed E-state index contributed by atoms with van der Waals surface area (Å²) in [5, 5.41) is 0. The predicted octanol–water partition coefficient (Wildman–Crippen LogP) is 4.44. The van der Waals surface area contributed by atoms with Crippen molar-refractivity contribution < 1.29 is 22.5 Å². The first kappa shape index (κ1) is 18.3. The third-order valence-electron chi connectivity index (χ3n) is 4.87. The highest BCUT2D eigenvalue weighted by Gasteiger charge is 2.52. The molecule has 2 rings (SSSR count). The smallest absolute Gasteiger partial charge is 0.399 e. The van der Waals surface area contributed by atoms with Crippen molar-refractivity contribution in [2.75, 3.05) is 0 Å². The summed E-state index contributed by atoms with van der Waals surface area (Å²) in [5.74, 6) is -0.210. The maximum atomic E-state index is 13.4. The largest absolute Gasteiger partial charge is 0.495 e. The Morgan fingerprint density at radius 3 is 1.87 bits per heavy atom. The van der Waals surface area contributed by atoms with Crippen molar-refractivity contribution in [1.82, 2.24) is 0 Å². The molecule has 0 radical (unpaired) electrons. The van der Waals surface area contributed by atoms with Crippen LogP contribution in [0.1, 0.15) is 64.2 Å². The predicted molar refractivity (Wildman–Crippen MR) is 86.0 cm³/mol. The average Bonchev–Trinajstić information content (AvgIpc) is 2.56. The minimum Gasteiger partial charge on any atom is -0.399 e. The van der Waals surface area contributed by atoms with Gasteiger partial charge in [0.05, 0.1) is 16.8 Å². The number of aryl methyl sites for hydroxylation is 1. The summed E-state index contributed by atoms with van der Waals surface area (Å²) in [5.41, 5.74) is -0.281. The molecule has 1 aromatic rings. The Morgan fingerprint density at radius 1 is 1.00 bits per heavy atom. The fraction of sp³-hybridized carbons (Fsp3) is 0.647. The molecule has 0 aliphatic carbocycles. The summed E-state index contributed by atoms with van der Waals surface area (Å²) in [6.07, 6.45) is -4.40. The molecule has 1 heterocycles. The number of benzene rings is 1. The lowest BCUT2D eigenvalue weighted by atomic mass is 9.74. The molecule has 0 N–H and O–H groups in total. The van der Waals surface area contributed by atoms with Crippen LogP contribution in [0.15, 0.2) is 12.1 Å². The molecule has 0 atom stereocenters. The molecule has 1 aliphatic heterocycles. The number of hydrogen-bond donors (Lipinski definition) is 0. The quantitative estimate of drug-likeness (QED) is 0.748. The first-order chi connectivity index (χ1) is 10.3. The summed E-state index contributed by atoms with van der Waals surface area (Å²) in [6, 6.07) is 2.79. The van der Waals surface area contributed by atoms with E-state index in [0.717, 1.165) is 5.56 Å². The fourth-order valence-corrected chi connectivity index (χ4v) is 2.69. The Balaban J connectivity index is 2.53. The molecule has 1 aliphatic rings. The van der Waals surface area contributed by atoms with E-state index in [0.29, 0.717) is 11.0 Å². The molecule has 128 valence electrons. The number of rotatable bonds is 2. The Morgan fingerprint density at radius 2 is 1.48 bits per heavy atom. The van der Waals surface area contributed by atoms with Crippen LogP contribution in [0.4, 0.5) is 13.2 Å². The molecule has 0 bridgehead atoms. The van der Waals surface area contributed by atoms with Gasteiger partial charge in [-0.1, -0.05) is 25.5 Å². The second kappa shape index (κ2) is 5.52. The van der Waals surface area contributed by atoms with E-state index >= 15 is 0 Å². The maximum Gasteiger partial charge on any atom is 0.495 e. The molecule has 0 saturated carbocycles. The Kier molecular flexibility index (Phi) is 4.40. The van der Waals surface area contributed by atoms with Gasteiger partial charge in [0, 0.05) is 0 Å². The van der Waals surface area contributed by atoms with E-state index in [1.54, 1.807) is 26.8 Å². The van der Waals surface area contributed by atoms with Gasteiger partial charge in [0.25, 0.3) is 0 Å². The first-order valence-corrected chi connectivity index (χ1v) is 7.83. The van der Waals surface area contributed by atoms with Crippen LogP contribution in [-0.2, 0) is 15.5 Å². The summed E-state index contributed by atoms with van der Waals surface area (Å²) in [4.78, 5) is 0. The highest BCUT2D eigenvalue weighted by Crippen LogP contribution is 2.39. The van der Waals surface area contributed by atoms with E-state index in [2.05, 4.69) is 0 Å². The van der Waals surface area contributed by atoms with Crippen molar-refractivity contribution in [3.8, 4) is 0 Å². The van der Waals surface area contributed by atoms with Gasteiger partial charge >= 0.3 is 13.3 Å². The van der Waals surface area contributed by atoms with Crippen LogP contribution in [0, 0.1) is 6.92 Å². The third kappa shape index (κ3) is 3.29. The lowest BCUT2D eigenvalue weighted by Crippen LogP contribution is -2.41. The maximum absolute atomic E-state index is 13.4. The highest BCUT2D eigenvalue weighted by molar-refractivity contribution is 6.62. The topological polar surface area (TPSA) is 18.5 Å². The molecular formula is C17H24BF3O2. The molecule has 0 spiro atoms. The summed E-state index contributed by atoms with van der Waals surface area (Å²) in [7, 11) is -0.790. The van der Waals surface area contributed by atoms with Crippen molar-refractivity contribution in [2.24, 2.45) is 0 Å². The van der Waals surface area contributed by atoms with Crippen LogP contribution in [0.2, 0.25) is 0 Å². The van der Waals surface area contributed by atoms with Gasteiger partial charge in [0.15, 0.2) is 0 Å². The lowest BCUT2D eigenvalue weighted by Gasteiger charge is -2.32. The first-order valence-electron chi connectivity index (χ1n) is 7.83. The molecule has 1 aromatic carbocycles. The zero-order chi connectivity index (χ0) is 17.8. The standard InChI is InChI=1S/C17H24BF3O2/c1-10(2)12-8-11(3)14(9-13(12)17(19,20)21)18-22-15(4,5)16(6,7)23-18/h8-10H,1-7H3. The van der Waals surface area contributed by atoms with Crippen LogP contribution in [-0.4, -0.2) is 18.3 Å². The van der Waals surface area contributed by atoms with Crippen molar-refractivity contribution >= 4 is 12.6 Å². The second-order valence-corrected chi connectivity index (χ2v) is 7.54. The van der Waals surface area contributed by atoms with E-state index < -0.39 is 30.1 Å². The molecule has 0 unspecified atom stereocenters. The van der Waals surface area contributed by atoms with Gasteiger partial charge in [-0.2, -0.15) is 13.2 Å². The zero-order valence-corrected chi connectivity index (χ0v) is 14.8. The molecule has 2 nitrogen and oxygen atoms in total. The molecule has 1 saturated heterocycles. The van der Waals surface area contributed by atoms with E-state index in [1.165, 1.54) is 6.07 Å². The average molecular weight is 328 g/mol. The summed E-state index contributed by atoms with van der Waals surface area (Å²) < 4.78 is 52.1. The van der Waals surface area contributed by atoms with Gasteiger partial charge in [-0.05, 0) is 57.6 Å². The normalized spacial score (nSPS) is 20.4. The van der Waals surface area contributed by atoms with Crippen molar-refractivity contribution in [3.05, 3.63) is 28.8 Å². The third-order valence-corrected chi connectivity index (χ3v) is 4.87. The van der Waals surface area contributed by atoms with E-state index in [9.17, 15) is 13.2 Å². The van der Waals surface area contributed by atoms with Gasteiger partial charge < -0.3 is 9.31 Å². The van der Waals surface area contributed by atoms with E-state index in [-0.39, 0.29) is 5.92 Å². The summed E-state index contributed by atoms with van der Waals surface area (Å²) >= 11 is 0. The minimum atomic E-state index is -4.40. The van der Waals surface area contributed by atoms with Crippen molar-refractivity contribution in [3.63, 3.8) is 0 Å². The number of hydrogen-bond acceptors (Lipinski definition) is 2. The molecule has 6 heteroatoms. The van der Waals surface area contributed by atoms with Gasteiger partial charge in [0.2, 0.25) is 0 Å².